The van der Waals surface area contributed by atoms with Gasteiger partial charge in [-0.15, -0.1) is 0 Å². The zero-order valence-electron chi connectivity index (χ0n) is 17.1. The van der Waals surface area contributed by atoms with E-state index in [4.69, 9.17) is 26.9 Å². The molecule has 1 heterocycles. The van der Waals surface area contributed by atoms with E-state index in [9.17, 15) is 13.6 Å². The zero-order chi connectivity index (χ0) is 23.3. The minimum atomic E-state index is -0.880. The van der Waals surface area contributed by atoms with Gasteiger partial charge in [-0.25, -0.2) is 8.78 Å². The number of nitrogens with one attached hydrogen (secondary N) is 2. The number of carbonyl (C=O) groups excluding carboxylic acids is 1. The molecule has 0 saturated carbocycles. The number of benzene rings is 2. The molecule has 2 aromatic carbocycles. The van der Waals surface area contributed by atoms with E-state index in [0.717, 1.165) is 31.0 Å². The average molecular weight is 440 g/mol. The highest BCUT2D eigenvalue weighted by atomic mass is 19.1. The predicted molar refractivity (Wildman–Crippen MR) is 113 cm³/mol. The van der Waals surface area contributed by atoms with Gasteiger partial charge in [-0.2, -0.15) is 5.26 Å². The number of likely N-dealkylation sites (tertiary alicyclic amines) is 1. The molecule has 166 valence electrons. The fourth-order valence-corrected chi connectivity index (χ4v) is 3.38. The molecule has 32 heavy (non-hydrogen) atoms. The van der Waals surface area contributed by atoms with Gasteiger partial charge in [-0.3, -0.25) is 10.2 Å². The van der Waals surface area contributed by atoms with Crippen molar-refractivity contribution < 1.29 is 18.3 Å². The Morgan fingerprint density at radius 1 is 1.22 bits per heavy atom. The van der Waals surface area contributed by atoms with Gasteiger partial charge in [-0.05, 0) is 49.2 Å². The molecule has 1 saturated heterocycles. The lowest BCUT2D eigenvalue weighted by molar-refractivity contribution is -0.114. The van der Waals surface area contributed by atoms with Gasteiger partial charge in [0.25, 0.3) is 5.91 Å². The molecule has 1 aliphatic rings. The second kappa shape index (κ2) is 9.78. The monoisotopic (exact) mass is 440 g/mol. The van der Waals surface area contributed by atoms with Crippen LogP contribution >= 0.6 is 0 Å². The number of piperidine rings is 1. The number of hydrogen-bond acceptors (Lipinski definition) is 7. The van der Waals surface area contributed by atoms with Crippen molar-refractivity contribution in [3.8, 4) is 17.7 Å². The Bertz CT molecular complexity index is 1090. The van der Waals surface area contributed by atoms with Crippen molar-refractivity contribution >= 4 is 11.6 Å². The van der Waals surface area contributed by atoms with Gasteiger partial charge in [0, 0.05) is 30.8 Å². The summed E-state index contributed by atoms with van der Waals surface area (Å²) in [4.78, 5) is 13.6. The van der Waals surface area contributed by atoms with Crippen LogP contribution in [-0.2, 0) is 4.79 Å². The lowest BCUT2D eigenvalue weighted by Gasteiger charge is -2.30. The standard InChI is InChI=1S/C22H22F2N6O2/c23-14-5-8-17(24)18(10-14)32-16-6-3-13(4-7-16)20(26)19(22(28)31)21(27)29-15-2-1-9-30(11-15)12-25/h3-8,10,15,26,29H,1-2,9,11,27H2,(H2,28,31)/b21-19+,26-20?. The van der Waals surface area contributed by atoms with E-state index >= 15 is 0 Å². The number of ether oxygens (including phenoxy) is 1. The highest BCUT2D eigenvalue weighted by Crippen LogP contribution is 2.26. The van der Waals surface area contributed by atoms with Crippen LogP contribution in [0.2, 0.25) is 0 Å². The summed E-state index contributed by atoms with van der Waals surface area (Å²) in [5, 5.41) is 20.5. The molecule has 0 aliphatic carbocycles. The number of primary amides is 1. The Hall–Kier alpha value is -4.13. The minimum absolute atomic E-state index is 0.0468. The van der Waals surface area contributed by atoms with E-state index in [0.29, 0.717) is 18.7 Å². The normalized spacial score (nSPS) is 16.5. The van der Waals surface area contributed by atoms with Crippen molar-refractivity contribution in [3.63, 3.8) is 0 Å². The van der Waals surface area contributed by atoms with Crippen LogP contribution in [0.1, 0.15) is 18.4 Å². The van der Waals surface area contributed by atoms with Crippen LogP contribution < -0.4 is 21.5 Å². The van der Waals surface area contributed by atoms with Crippen molar-refractivity contribution in [1.82, 2.24) is 10.2 Å². The third-order valence-electron chi connectivity index (χ3n) is 4.95. The van der Waals surface area contributed by atoms with E-state index in [1.54, 1.807) is 4.90 Å². The largest absolute Gasteiger partial charge is 0.454 e. The van der Waals surface area contributed by atoms with Crippen molar-refractivity contribution in [2.75, 3.05) is 13.1 Å². The van der Waals surface area contributed by atoms with Crippen molar-refractivity contribution in [1.29, 1.82) is 10.7 Å². The van der Waals surface area contributed by atoms with Gasteiger partial charge < -0.3 is 26.4 Å². The molecule has 1 amide bonds. The summed E-state index contributed by atoms with van der Waals surface area (Å²) in [6, 6.07) is 8.54. The van der Waals surface area contributed by atoms with Crippen LogP contribution in [0, 0.1) is 28.5 Å². The van der Waals surface area contributed by atoms with Crippen LogP contribution in [0.15, 0.2) is 53.9 Å². The van der Waals surface area contributed by atoms with E-state index in [1.807, 2.05) is 0 Å². The highest BCUT2D eigenvalue weighted by Gasteiger charge is 2.23. The number of nitrogens with zero attached hydrogens (tertiary/aromatic N) is 2. The molecule has 1 aliphatic heterocycles. The first-order valence-corrected chi connectivity index (χ1v) is 9.81. The summed E-state index contributed by atoms with van der Waals surface area (Å²) in [5.41, 5.74) is 11.5. The molecule has 1 fully saturated rings. The van der Waals surface area contributed by atoms with Crippen LogP contribution in [0.3, 0.4) is 0 Å². The molecule has 3 rings (SSSR count). The molecule has 0 spiro atoms. The molecule has 0 bridgehead atoms. The number of nitriles is 1. The number of halogens is 2. The average Bonchev–Trinajstić information content (AvgIpc) is 2.76. The fraction of sp³-hybridized carbons (Fsp3) is 0.227. The number of hydrogen-bond donors (Lipinski definition) is 4. The molecule has 1 atom stereocenters. The lowest BCUT2D eigenvalue weighted by Crippen LogP contribution is -2.46. The van der Waals surface area contributed by atoms with E-state index in [-0.39, 0.29) is 34.6 Å². The molecule has 2 aromatic rings. The summed E-state index contributed by atoms with van der Waals surface area (Å²) in [7, 11) is 0. The van der Waals surface area contributed by atoms with Crippen LogP contribution in [0.5, 0.6) is 11.5 Å². The predicted octanol–water partition coefficient (Wildman–Crippen LogP) is 2.32. The van der Waals surface area contributed by atoms with Crippen LogP contribution in [0.25, 0.3) is 0 Å². The third-order valence-corrected chi connectivity index (χ3v) is 4.95. The summed E-state index contributed by atoms with van der Waals surface area (Å²) >= 11 is 0. The molecular formula is C22H22F2N6O2. The van der Waals surface area contributed by atoms with Gasteiger partial charge in [-0.1, -0.05) is 0 Å². The second-order valence-corrected chi connectivity index (χ2v) is 7.26. The Morgan fingerprint density at radius 3 is 2.59 bits per heavy atom. The molecule has 8 nitrogen and oxygen atoms in total. The Morgan fingerprint density at radius 2 is 1.94 bits per heavy atom. The lowest BCUT2D eigenvalue weighted by atomic mass is 10.0. The number of nitrogens with two attached hydrogens (primary N) is 2. The second-order valence-electron chi connectivity index (χ2n) is 7.26. The maximum Gasteiger partial charge on any atom is 0.254 e. The Kier molecular flexibility index (Phi) is 6.90. The van der Waals surface area contributed by atoms with Crippen LogP contribution in [-0.4, -0.2) is 35.7 Å². The first kappa shape index (κ1) is 22.6. The molecule has 0 aromatic heterocycles. The number of rotatable bonds is 7. The van der Waals surface area contributed by atoms with Gasteiger partial charge in [0.1, 0.15) is 23.0 Å². The highest BCUT2D eigenvalue weighted by molar-refractivity contribution is 6.26. The maximum absolute atomic E-state index is 13.8. The number of carbonyl (C=O) groups is 1. The van der Waals surface area contributed by atoms with Gasteiger partial charge >= 0.3 is 0 Å². The maximum atomic E-state index is 13.8. The summed E-state index contributed by atoms with van der Waals surface area (Å²) in [5.74, 6) is -2.36. The van der Waals surface area contributed by atoms with E-state index < -0.39 is 17.5 Å². The van der Waals surface area contributed by atoms with E-state index in [2.05, 4.69) is 11.5 Å². The minimum Gasteiger partial charge on any atom is -0.454 e. The smallest absolute Gasteiger partial charge is 0.254 e. The molecule has 10 heteroatoms. The number of amides is 1. The van der Waals surface area contributed by atoms with Crippen molar-refractivity contribution in [2.45, 2.75) is 18.9 Å². The summed E-state index contributed by atoms with van der Waals surface area (Å²) in [6.07, 6.45) is 3.62. The Balaban J connectivity index is 1.77. The van der Waals surface area contributed by atoms with Gasteiger partial charge in [0.15, 0.2) is 17.8 Å². The van der Waals surface area contributed by atoms with Gasteiger partial charge in [0.05, 0.1) is 5.71 Å². The topological polar surface area (TPSA) is 141 Å². The van der Waals surface area contributed by atoms with Crippen molar-refractivity contribution in [2.24, 2.45) is 11.5 Å². The SMILES string of the molecule is N#CN1CCCC(N/C(N)=C(\C(=N)c2ccc(Oc3cc(F)ccc3F)cc2)C(N)=O)C1. The van der Waals surface area contributed by atoms with Crippen LogP contribution in [0.4, 0.5) is 8.78 Å². The molecule has 1 unspecified atom stereocenters. The quantitative estimate of drug-likeness (QED) is 0.296. The molecule has 6 N–H and O–H groups in total. The Labute approximate surface area is 183 Å². The molecule has 0 radical (unpaired) electrons. The summed E-state index contributed by atoms with van der Waals surface area (Å²) in [6.45, 7) is 1.09. The molecular weight excluding hydrogens is 418 g/mol. The fourth-order valence-electron chi connectivity index (χ4n) is 3.38. The zero-order valence-corrected chi connectivity index (χ0v) is 17.1. The first-order chi connectivity index (χ1) is 15.3. The van der Waals surface area contributed by atoms with E-state index in [1.165, 1.54) is 24.3 Å². The van der Waals surface area contributed by atoms with Crippen molar-refractivity contribution in [3.05, 3.63) is 71.1 Å². The van der Waals surface area contributed by atoms with Gasteiger partial charge in [0.2, 0.25) is 0 Å². The third kappa shape index (κ3) is 5.31. The summed E-state index contributed by atoms with van der Waals surface area (Å²) < 4.78 is 32.4. The first-order valence-electron chi connectivity index (χ1n) is 9.81.